The third-order valence-electron chi connectivity index (χ3n) is 3.65. The molecule has 0 heterocycles. The largest absolute Gasteiger partial charge is 0.481 e. The summed E-state index contributed by atoms with van der Waals surface area (Å²) in [7, 11) is 0. The van der Waals surface area contributed by atoms with E-state index in [1.165, 1.54) is 12.0 Å². The van der Waals surface area contributed by atoms with Crippen LogP contribution in [-0.2, 0) is 4.79 Å². The maximum absolute atomic E-state index is 10.7. The van der Waals surface area contributed by atoms with Crippen LogP contribution in [0.4, 0.5) is 0 Å². The number of aliphatic carboxylic acids is 1. The van der Waals surface area contributed by atoms with Crippen LogP contribution in [0.15, 0.2) is 30.3 Å². The first-order valence-electron chi connectivity index (χ1n) is 7.69. The third kappa shape index (κ3) is 5.74. The Kier molecular flexibility index (Phi) is 7.97. The Balaban J connectivity index is 2.70. The van der Waals surface area contributed by atoms with Crippen molar-refractivity contribution in [2.75, 3.05) is 13.1 Å². The molecule has 0 saturated heterocycles. The van der Waals surface area contributed by atoms with Crippen LogP contribution in [0.2, 0.25) is 0 Å². The van der Waals surface area contributed by atoms with Gasteiger partial charge in [0.25, 0.3) is 0 Å². The normalized spacial score (nSPS) is 12.6. The fourth-order valence-electron chi connectivity index (χ4n) is 2.60. The second-order valence-electron chi connectivity index (χ2n) is 5.22. The molecule has 20 heavy (non-hydrogen) atoms. The third-order valence-corrected chi connectivity index (χ3v) is 3.65. The number of carboxylic acids is 1. The first-order valence-corrected chi connectivity index (χ1v) is 7.69. The lowest BCUT2D eigenvalue weighted by molar-refractivity contribution is -0.137. The van der Waals surface area contributed by atoms with Gasteiger partial charge in [-0.15, -0.1) is 0 Å². The van der Waals surface area contributed by atoms with Gasteiger partial charge in [0.1, 0.15) is 0 Å². The van der Waals surface area contributed by atoms with Crippen LogP contribution in [-0.4, -0.2) is 29.1 Å². The second kappa shape index (κ2) is 9.54. The van der Waals surface area contributed by atoms with Crippen LogP contribution >= 0.6 is 0 Å². The van der Waals surface area contributed by atoms with Crippen LogP contribution in [0.5, 0.6) is 0 Å². The summed E-state index contributed by atoms with van der Waals surface area (Å²) < 4.78 is 0. The molecule has 0 aliphatic carbocycles. The average Bonchev–Trinajstić information content (AvgIpc) is 2.45. The van der Waals surface area contributed by atoms with Gasteiger partial charge in [0, 0.05) is 12.5 Å². The van der Waals surface area contributed by atoms with Gasteiger partial charge in [0.2, 0.25) is 0 Å². The van der Waals surface area contributed by atoms with Crippen molar-refractivity contribution < 1.29 is 9.90 Å². The SMILES string of the molecule is CCCCN(CCCC(=O)O)C(CC)c1ccccc1. The van der Waals surface area contributed by atoms with Crippen molar-refractivity contribution >= 4 is 5.97 Å². The van der Waals surface area contributed by atoms with E-state index in [9.17, 15) is 4.79 Å². The molecule has 1 N–H and O–H groups in total. The van der Waals surface area contributed by atoms with E-state index in [4.69, 9.17) is 5.11 Å². The summed E-state index contributed by atoms with van der Waals surface area (Å²) in [6.45, 7) is 6.30. The van der Waals surface area contributed by atoms with Crippen molar-refractivity contribution in [1.82, 2.24) is 4.90 Å². The van der Waals surface area contributed by atoms with Gasteiger partial charge >= 0.3 is 5.97 Å². The molecule has 112 valence electrons. The van der Waals surface area contributed by atoms with E-state index in [1.54, 1.807) is 0 Å². The second-order valence-corrected chi connectivity index (χ2v) is 5.22. The maximum Gasteiger partial charge on any atom is 0.303 e. The molecule has 1 aromatic carbocycles. The van der Waals surface area contributed by atoms with Gasteiger partial charge in [-0.1, -0.05) is 50.6 Å². The first kappa shape index (κ1) is 16.7. The maximum atomic E-state index is 10.7. The molecule has 1 rings (SSSR count). The molecule has 0 radical (unpaired) electrons. The Morgan fingerprint density at radius 1 is 1.15 bits per heavy atom. The summed E-state index contributed by atoms with van der Waals surface area (Å²) in [5.74, 6) is -0.701. The Morgan fingerprint density at radius 3 is 2.35 bits per heavy atom. The van der Waals surface area contributed by atoms with E-state index in [1.807, 2.05) is 6.07 Å². The molecule has 1 aromatic rings. The lowest BCUT2D eigenvalue weighted by atomic mass is 10.0. The molecule has 0 aliphatic rings. The summed E-state index contributed by atoms with van der Waals surface area (Å²) >= 11 is 0. The highest BCUT2D eigenvalue weighted by Crippen LogP contribution is 2.24. The number of benzene rings is 1. The van der Waals surface area contributed by atoms with Gasteiger partial charge in [-0.05, 0) is 37.9 Å². The lowest BCUT2D eigenvalue weighted by Crippen LogP contribution is -2.31. The van der Waals surface area contributed by atoms with Crippen molar-refractivity contribution in [1.29, 1.82) is 0 Å². The molecule has 0 spiro atoms. The molecule has 0 bridgehead atoms. The number of hydrogen-bond acceptors (Lipinski definition) is 2. The topological polar surface area (TPSA) is 40.5 Å². The monoisotopic (exact) mass is 277 g/mol. The minimum Gasteiger partial charge on any atom is -0.481 e. The Morgan fingerprint density at radius 2 is 1.80 bits per heavy atom. The molecule has 3 heteroatoms. The van der Waals surface area contributed by atoms with Gasteiger partial charge in [-0.3, -0.25) is 9.69 Å². The van der Waals surface area contributed by atoms with E-state index >= 15 is 0 Å². The van der Waals surface area contributed by atoms with Gasteiger partial charge in [0.05, 0.1) is 0 Å². The minimum atomic E-state index is -0.701. The smallest absolute Gasteiger partial charge is 0.303 e. The molecule has 0 amide bonds. The summed E-state index contributed by atoms with van der Waals surface area (Å²) in [6.07, 6.45) is 4.37. The first-order chi connectivity index (χ1) is 9.69. The molecule has 1 atom stereocenters. The van der Waals surface area contributed by atoms with Gasteiger partial charge in [-0.2, -0.15) is 0 Å². The van der Waals surface area contributed by atoms with Crippen LogP contribution in [0.25, 0.3) is 0 Å². The fourth-order valence-corrected chi connectivity index (χ4v) is 2.60. The Bertz CT molecular complexity index is 378. The molecule has 0 aliphatic heterocycles. The summed E-state index contributed by atoms with van der Waals surface area (Å²) in [6, 6.07) is 10.9. The Labute approximate surface area is 122 Å². The van der Waals surface area contributed by atoms with Crippen LogP contribution in [0.3, 0.4) is 0 Å². The summed E-state index contributed by atoms with van der Waals surface area (Å²) in [4.78, 5) is 13.1. The highest BCUT2D eigenvalue weighted by molar-refractivity contribution is 5.66. The number of unbranched alkanes of at least 4 members (excludes halogenated alkanes) is 1. The predicted octanol–water partition coefficient (Wildman–Crippen LogP) is 4.10. The van der Waals surface area contributed by atoms with Gasteiger partial charge in [-0.25, -0.2) is 0 Å². The number of nitrogens with zero attached hydrogens (tertiary/aromatic N) is 1. The molecular weight excluding hydrogens is 250 g/mol. The van der Waals surface area contributed by atoms with Gasteiger partial charge in [0.15, 0.2) is 0 Å². The fraction of sp³-hybridized carbons (Fsp3) is 0.588. The van der Waals surface area contributed by atoms with E-state index < -0.39 is 5.97 Å². The van der Waals surface area contributed by atoms with Crippen molar-refractivity contribution in [2.45, 2.75) is 52.0 Å². The molecule has 0 aromatic heterocycles. The zero-order valence-corrected chi connectivity index (χ0v) is 12.7. The molecule has 0 fully saturated rings. The number of carbonyl (C=O) groups is 1. The zero-order chi connectivity index (χ0) is 14.8. The summed E-state index contributed by atoms with van der Waals surface area (Å²) in [5.41, 5.74) is 1.33. The van der Waals surface area contributed by atoms with E-state index in [0.717, 1.165) is 32.4 Å². The molecule has 3 nitrogen and oxygen atoms in total. The van der Waals surface area contributed by atoms with Crippen LogP contribution in [0, 0.1) is 0 Å². The average molecular weight is 277 g/mol. The van der Waals surface area contributed by atoms with E-state index in [0.29, 0.717) is 6.04 Å². The highest BCUT2D eigenvalue weighted by Gasteiger charge is 2.18. The van der Waals surface area contributed by atoms with E-state index in [-0.39, 0.29) is 6.42 Å². The molecule has 1 unspecified atom stereocenters. The number of carboxylic acid groups (broad SMARTS) is 1. The molecular formula is C17H27NO2. The van der Waals surface area contributed by atoms with Crippen molar-refractivity contribution in [2.24, 2.45) is 0 Å². The number of hydrogen-bond donors (Lipinski definition) is 1. The van der Waals surface area contributed by atoms with E-state index in [2.05, 4.69) is 43.0 Å². The van der Waals surface area contributed by atoms with Crippen LogP contribution < -0.4 is 0 Å². The van der Waals surface area contributed by atoms with Crippen molar-refractivity contribution in [3.05, 3.63) is 35.9 Å². The van der Waals surface area contributed by atoms with Crippen LogP contribution in [0.1, 0.15) is 57.6 Å². The standard InChI is InChI=1S/C17H27NO2/c1-3-5-13-18(14-9-12-17(19)20)16(4-2)15-10-7-6-8-11-15/h6-8,10-11,16H,3-5,9,12-14H2,1-2H3,(H,19,20). The predicted molar refractivity (Wildman–Crippen MR) is 82.8 cm³/mol. The highest BCUT2D eigenvalue weighted by atomic mass is 16.4. The Hall–Kier alpha value is -1.35. The van der Waals surface area contributed by atoms with Crippen molar-refractivity contribution in [3.63, 3.8) is 0 Å². The number of rotatable bonds is 10. The molecule has 0 saturated carbocycles. The quantitative estimate of drug-likeness (QED) is 0.700. The minimum absolute atomic E-state index is 0.258. The zero-order valence-electron chi connectivity index (χ0n) is 12.7. The summed E-state index contributed by atoms with van der Waals surface area (Å²) in [5, 5.41) is 8.80. The van der Waals surface area contributed by atoms with Gasteiger partial charge < -0.3 is 5.11 Å². The lowest BCUT2D eigenvalue weighted by Gasteiger charge is -2.31. The van der Waals surface area contributed by atoms with Crippen molar-refractivity contribution in [3.8, 4) is 0 Å².